The van der Waals surface area contributed by atoms with E-state index in [-0.39, 0.29) is 17.2 Å². The number of hydrogen-bond donors (Lipinski definition) is 1. The molecule has 26 heavy (non-hydrogen) atoms. The number of thiophene rings is 1. The fourth-order valence-electron chi connectivity index (χ4n) is 3.34. The number of pyridine rings is 1. The predicted octanol–water partition coefficient (Wildman–Crippen LogP) is 2.89. The summed E-state index contributed by atoms with van der Waals surface area (Å²) in [5, 5.41) is 13.4. The van der Waals surface area contributed by atoms with Crippen LogP contribution in [0.3, 0.4) is 0 Å². The highest BCUT2D eigenvalue weighted by Gasteiger charge is 2.36. The van der Waals surface area contributed by atoms with E-state index in [1.165, 1.54) is 0 Å². The molecule has 1 N–H and O–H groups in total. The average molecular weight is 387 g/mol. The Kier molecular flexibility index (Phi) is 4.16. The van der Waals surface area contributed by atoms with Crippen LogP contribution in [0.4, 0.5) is 5.69 Å². The normalized spacial score (nSPS) is 14.7. The summed E-state index contributed by atoms with van der Waals surface area (Å²) in [4.78, 5) is 20.0. The monoisotopic (exact) mass is 387 g/mol. The minimum Gasteiger partial charge on any atom is -0.505 e. The molecule has 1 aromatic carbocycles. The van der Waals surface area contributed by atoms with E-state index >= 15 is 0 Å². The lowest BCUT2D eigenvalue weighted by Crippen LogP contribution is -2.23. The molecule has 1 amide bonds. The van der Waals surface area contributed by atoms with E-state index in [0.717, 1.165) is 4.88 Å². The van der Waals surface area contributed by atoms with Gasteiger partial charge in [0.25, 0.3) is 5.91 Å². The number of aromatic nitrogens is 1. The Balaban J connectivity index is 1.92. The maximum atomic E-state index is 13.0. The van der Waals surface area contributed by atoms with Crippen molar-refractivity contribution in [3.8, 4) is 5.75 Å². The Hall–Kier alpha value is -2.45. The highest BCUT2D eigenvalue weighted by molar-refractivity contribution is 7.85. The molecule has 1 aliphatic heterocycles. The molecule has 0 radical (unpaired) electrons. The third-order valence-corrected chi connectivity index (χ3v) is 6.40. The molecule has 1 aliphatic rings. The number of nitrogens with zero attached hydrogens (tertiary/aromatic N) is 3. The molecule has 0 saturated carbocycles. The quantitative estimate of drug-likeness (QED) is 0.747. The molecule has 0 fully saturated rings. The second kappa shape index (κ2) is 6.37. The van der Waals surface area contributed by atoms with Crippen LogP contribution in [0.25, 0.3) is 10.9 Å². The summed E-state index contributed by atoms with van der Waals surface area (Å²) in [6.07, 6.45) is 3.16. The summed E-state index contributed by atoms with van der Waals surface area (Å²) in [5.41, 5.74) is 2.00. The number of carbonyl (C=O) groups excluding carboxylic acids is 1. The highest BCUT2D eigenvalue weighted by atomic mass is 32.2. The van der Waals surface area contributed by atoms with Crippen LogP contribution in [0, 0.1) is 0 Å². The zero-order valence-electron chi connectivity index (χ0n) is 14.3. The van der Waals surface area contributed by atoms with Crippen molar-refractivity contribution in [1.29, 1.82) is 0 Å². The Bertz CT molecular complexity index is 1030. The van der Waals surface area contributed by atoms with Gasteiger partial charge in [0.1, 0.15) is 16.5 Å². The molecular formula is C18H17N3O3S2. The molecule has 4 rings (SSSR count). The van der Waals surface area contributed by atoms with E-state index in [4.69, 9.17) is 0 Å². The first-order valence-corrected chi connectivity index (χ1v) is 10.4. The number of anilines is 1. The van der Waals surface area contributed by atoms with Gasteiger partial charge < -0.3 is 10.0 Å². The summed E-state index contributed by atoms with van der Waals surface area (Å²) < 4.78 is 13.8. The fraction of sp³-hybridized carbons (Fsp3) is 0.222. The van der Waals surface area contributed by atoms with Crippen LogP contribution in [0.2, 0.25) is 0 Å². The van der Waals surface area contributed by atoms with Crippen LogP contribution in [0.1, 0.15) is 20.8 Å². The van der Waals surface area contributed by atoms with Crippen molar-refractivity contribution in [3.05, 3.63) is 51.8 Å². The van der Waals surface area contributed by atoms with Gasteiger partial charge in [-0.05, 0) is 23.6 Å². The third kappa shape index (κ3) is 2.57. The Morgan fingerprint density at radius 2 is 2.19 bits per heavy atom. The second-order valence-corrected chi connectivity index (χ2v) is 8.54. The van der Waals surface area contributed by atoms with E-state index in [1.54, 1.807) is 46.1 Å². The van der Waals surface area contributed by atoms with Crippen LogP contribution < -0.4 is 4.31 Å². The Morgan fingerprint density at radius 1 is 1.38 bits per heavy atom. The first kappa shape index (κ1) is 17.0. The lowest BCUT2D eigenvalue weighted by atomic mass is 10.0. The summed E-state index contributed by atoms with van der Waals surface area (Å²) in [6, 6.07) is 7.52. The largest absolute Gasteiger partial charge is 0.505 e. The molecule has 8 heteroatoms. The Morgan fingerprint density at radius 3 is 2.88 bits per heavy atom. The van der Waals surface area contributed by atoms with Crippen LogP contribution in [-0.4, -0.2) is 38.4 Å². The number of carbonyl (C=O) groups is 1. The topological polar surface area (TPSA) is 73.7 Å². The lowest BCUT2D eigenvalue weighted by Gasteiger charge is -2.21. The SMILES string of the molecule is CN(c1c2c(c(O)c3ncccc13)C(=O)N(Cc1cccs1)C2)S(C)=O. The van der Waals surface area contributed by atoms with E-state index < -0.39 is 11.0 Å². The van der Waals surface area contributed by atoms with Gasteiger partial charge in [0, 0.05) is 41.9 Å². The van der Waals surface area contributed by atoms with Crippen LogP contribution in [0.15, 0.2) is 35.8 Å². The zero-order chi connectivity index (χ0) is 18.4. The van der Waals surface area contributed by atoms with Crippen molar-refractivity contribution in [2.45, 2.75) is 13.1 Å². The number of fused-ring (bicyclic) bond motifs is 2. The maximum Gasteiger partial charge on any atom is 0.258 e. The Labute approximate surface area is 157 Å². The fourth-order valence-corrected chi connectivity index (χ4v) is 4.52. The summed E-state index contributed by atoms with van der Waals surface area (Å²) in [6.45, 7) is 0.841. The van der Waals surface area contributed by atoms with Gasteiger partial charge in [0.15, 0.2) is 5.75 Å². The van der Waals surface area contributed by atoms with Crippen molar-refractivity contribution >= 4 is 44.8 Å². The number of benzene rings is 1. The van der Waals surface area contributed by atoms with Gasteiger partial charge in [-0.3, -0.25) is 14.1 Å². The van der Waals surface area contributed by atoms with E-state index in [2.05, 4.69) is 4.98 Å². The minimum absolute atomic E-state index is 0.103. The maximum absolute atomic E-state index is 13.0. The number of phenols is 1. The van der Waals surface area contributed by atoms with Gasteiger partial charge in [-0.25, -0.2) is 4.21 Å². The van der Waals surface area contributed by atoms with Crippen molar-refractivity contribution in [2.75, 3.05) is 17.6 Å². The number of rotatable bonds is 4. The third-order valence-electron chi connectivity index (χ3n) is 4.59. The summed E-state index contributed by atoms with van der Waals surface area (Å²) in [7, 11) is 0.450. The molecule has 2 aromatic heterocycles. The van der Waals surface area contributed by atoms with Crippen LogP contribution in [0.5, 0.6) is 5.75 Å². The second-order valence-electron chi connectivity index (χ2n) is 6.11. The zero-order valence-corrected chi connectivity index (χ0v) is 15.9. The standard InChI is InChI=1S/C18H17N3O3S2/c1-20(26(2)24)16-12-6-3-7-19-15(12)17(22)14-13(16)10-21(18(14)23)9-11-5-4-8-25-11/h3-8,22H,9-10H2,1-2H3. The molecule has 0 spiro atoms. The molecular weight excluding hydrogens is 370 g/mol. The molecule has 3 heterocycles. The molecule has 0 bridgehead atoms. The van der Waals surface area contributed by atoms with E-state index in [0.29, 0.717) is 35.2 Å². The van der Waals surface area contributed by atoms with Gasteiger partial charge in [-0.15, -0.1) is 11.3 Å². The number of aromatic hydroxyl groups is 1. The minimum atomic E-state index is -1.27. The smallest absolute Gasteiger partial charge is 0.258 e. The molecule has 1 atom stereocenters. The van der Waals surface area contributed by atoms with Crippen molar-refractivity contribution in [1.82, 2.24) is 9.88 Å². The summed E-state index contributed by atoms with van der Waals surface area (Å²) in [5.74, 6) is -0.330. The molecule has 134 valence electrons. The average Bonchev–Trinajstić information content (AvgIpc) is 3.24. The molecule has 0 aliphatic carbocycles. The molecule has 0 saturated heterocycles. The van der Waals surface area contributed by atoms with E-state index in [1.807, 2.05) is 23.6 Å². The van der Waals surface area contributed by atoms with Crippen molar-refractivity contribution < 1.29 is 14.1 Å². The van der Waals surface area contributed by atoms with Crippen LogP contribution in [-0.2, 0) is 24.1 Å². The van der Waals surface area contributed by atoms with Gasteiger partial charge in [0.05, 0.1) is 17.8 Å². The van der Waals surface area contributed by atoms with Gasteiger partial charge in [-0.2, -0.15) is 0 Å². The van der Waals surface area contributed by atoms with Crippen molar-refractivity contribution in [2.24, 2.45) is 0 Å². The predicted molar refractivity (Wildman–Crippen MR) is 104 cm³/mol. The number of hydrogen-bond acceptors (Lipinski definition) is 5. The van der Waals surface area contributed by atoms with Gasteiger partial charge >= 0.3 is 0 Å². The molecule has 3 aromatic rings. The highest BCUT2D eigenvalue weighted by Crippen LogP contribution is 2.44. The number of phenolic OH excluding ortho intramolecular Hbond substituents is 1. The first-order chi connectivity index (χ1) is 12.5. The summed E-state index contributed by atoms with van der Waals surface area (Å²) >= 11 is 1.59. The van der Waals surface area contributed by atoms with E-state index in [9.17, 15) is 14.1 Å². The molecule has 1 unspecified atom stereocenters. The number of amides is 1. The lowest BCUT2D eigenvalue weighted by molar-refractivity contribution is 0.0766. The first-order valence-electron chi connectivity index (χ1n) is 8.00. The van der Waals surface area contributed by atoms with Crippen LogP contribution >= 0.6 is 11.3 Å². The van der Waals surface area contributed by atoms with Gasteiger partial charge in [0.2, 0.25) is 0 Å². The molecule has 6 nitrogen and oxygen atoms in total. The van der Waals surface area contributed by atoms with Gasteiger partial charge in [-0.1, -0.05) is 6.07 Å². The van der Waals surface area contributed by atoms with Crippen molar-refractivity contribution in [3.63, 3.8) is 0 Å².